The highest BCUT2D eigenvalue weighted by molar-refractivity contribution is 4.90. The molecular weight excluding hydrogens is 254 g/mol. The molecule has 3 fully saturated rings. The molecule has 3 aliphatic carbocycles. The molecule has 1 nitrogen and oxygen atoms in total. The van der Waals surface area contributed by atoms with Crippen LogP contribution in [0, 0.1) is 17.8 Å². The van der Waals surface area contributed by atoms with Gasteiger partial charge in [-0.3, -0.25) is 0 Å². The zero-order valence-electron chi connectivity index (χ0n) is 14.3. The van der Waals surface area contributed by atoms with Gasteiger partial charge in [0.05, 0.1) is 0 Å². The van der Waals surface area contributed by atoms with Gasteiger partial charge in [0.25, 0.3) is 0 Å². The lowest BCUT2D eigenvalue weighted by Gasteiger charge is -2.42. The molecule has 4 atom stereocenters. The summed E-state index contributed by atoms with van der Waals surface area (Å²) in [4.78, 5) is 0. The van der Waals surface area contributed by atoms with Crippen LogP contribution >= 0.6 is 0 Å². The van der Waals surface area contributed by atoms with Gasteiger partial charge in [0.15, 0.2) is 0 Å². The average molecular weight is 292 g/mol. The maximum absolute atomic E-state index is 4.17. The first kappa shape index (κ1) is 15.8. The molecule has 0 heterocycles. The van der Waals surface area contributed by atoms with Crippen molar-refractivity contribution in [3.63, 3.8) is 0 Å². The minimum Gasteiger partial charge on any atom is -0.311 e. The molecule has 0 aromatic heterocycles. The third kappa shape index (κ3) is 4.24. The van der Waals surface area contributed by atoms with Crippen LogP contribution in [-0.4, -0.2) is 12.1 Å². The zero-order chi connectivity index (χ0) is 14.5. The molecule has 0 amide bonds. The first-order valence-electron chi connectivity index (χ1n) is 10.1. The first-order chi connectivity index (χ1) is 10.4. The van der Waals surface area contributed by atoms with E-state index in [4.69, 9.17) is 0 Å². The standard InChI is InChI=1S/C20H37N/c1-2-16-9-8-12-18(15-16)21-20-14-7-6-13-19(20)17-10-4-3-5-11-17/h16-21H,2-15H2,1H3. The number of rotatable bonds is 4. The summed E-state index contributed by atoms with van der Waals surface area (Å²) in [5.41, 5.74) is 0. The van der Waals surface area contributed by atoms with E-state index < -0.39 is 0 Å². The molecule has 3 saturated carbocycles. The minimum absolute atomic E-state index is 0.845. The summed E-state index contributed by atoms with van der Waals surface area (Å²) in [7, 11) is 0. The van der Waals surface area contributed by atoms with Crippen molar-refractivity contribution in [1.82, 2.24) is 5.32 Å². The Bertz CT molecular complexity index is 294. The third-order valence-electron chi connectivity index (χ3n) is 6.88. The second kappa shape index (κ2) is 7.99. The molecule has 3 aliphatic rings. The Balaban J connectivity index is 1.56. The van der Waals surface area contributed by atoms with Crippen LogP contribution in [0.1, 0.15) is 96.8 Å². The quantitative estimate of drug-likeness (QED) is 0.702. The van der Waals surface area contributed by atoms with Gasteiger partial charge in [-0.15, -0.1) is 0 Å². The van der Waals surface area contributed by atoms with Crippen molar-refractivity contribution in [2.24, 2.45) is 17.8 Å². The van der Waals surface area contributed by atoms with Crippen LogP contribution < -0.4 is 5.32 Å². The van der Waals surface area contributed by atoms with Crippen LogP contribution in [-0.2, 0) is 0 Å². The van der Waals surface area contributed by atoms with E-state index in [0.29, 0.717) is 0 Å². The molecule has 0 saturated heterocycles. The summed E-state index contributed by atoms with van der Waals surface area (Å²) in [5.74, 6) is 3.08. The summed E-state index contributed by atoms with van der Waals surface area (Å²) < 4.78 is 0. The van der Waals surface area contributed by atoms with Crippen molar-refractivity contribution < 1.29 is 0 Å². The fourth-order valence-electron chi connectivity index (χ4n) is 5.61. The summed E-state index contributed by atoms with van der Waals surface area (Å²) in [6, 6.07) is 1.71. The lowest BCUT2D eigenvalue weighted by molar-refractivity contribution is 0.130. The van der Waals surface area contributed by atoms with Gasteiger partial charge in [-0.05, 0) is 43.4 Å². The normalized spacial score (nSPS) is 39.3. The SMILES string of the molecule is CCC1CCCC(NC2CCCCC2C2CCCCC2)C1. The first-order valence-corrected chi connectivity index (χ1v) is 10.1. The summed E-state index contributed by atoms with van der Waals surface area (Å²) in [6.45, 7) is 2.39. The van der Waals surface area contributed by atoms with Crippen molar-refractivity contribution in [2.75, 3.05) is 0 Å². The summed E-state index contributed by atoms with van der Waals surface area (Å²) in [6.07, 6.45) is 20.8. The molecule has 4 unspecified atom stereocenters. The fourth-order valence-corrected chi connectivity index (χ4v) is 5.61. The van der Waals surface area contributed by atoms with E-state index >= 15 is 0 Å². The van der Waals surface area contributed by atoms with Crippen LogP contribution in [0.2, 0.25) is 0 Å². The van der Waals surface area contributed by atoms with E-state index in [1.807, 2.05) is 0 Å². The van der Waals surface area contributed by atoms with Crippen LogP contribution in [0.25, 0.3) is 0 Å². The lowest BCUT2D eigenvalue weighted by atomic mass is 9.70. The predicted octanol–water partition coefficient (Wildman–Crippen LogP) is 5.68. The molecule has 21 heavy (non-hydrogen) atoms. The highest BCUT2D eigenvalue weighted by Gasteiger charge is 2.34. The van der Waals surface area contributed by atoms with Gasteiger partial charge >= 0.3 is 0 Å². The van der Waals surface area contributed by atoms with Crippen molar-refractivity contribution in [3.05, 3.63) is 0 Å². The molecule has 0 aromatic carbocycles. The van der Waals surface area contributed by atoms with Gasteiger partial charge < -0.3 is 5.32 Å². The van der Waals surface area contributed by atoms with Crippen LogP contribution in [0.4, 0.5) is 0 Å². The molecule has 3 rings (SSSR count). The smallest absolute Gasteiger partial charge is 0.0101 e. The Morgan fingerprint density at radius 2 is 1.52 bits per heavy atom. The van der Waals surface area contributed by atoms with Gasteiger partial charge in [-0.2, -0.15) is 0 Å². The van der Waals surface area contributed by atoms with Gasteiger partial charge in [-0.25, -0.2) is 0 Å². The number of hydrogen-bond acceptors (Lipinski definition) is 1. The number of nitrogens with one attached hydrogen (secondary N) is 1. The Morgan fingerprint density at radius 3 is 2.33 bits per heavy atom. The second-order valence-corrected chi connectivity index (χ2v) is 8.26. The van der Waals surface area contributed by atoms with E-state index in [2.05, 4.69) is 12.2 Å². The highest BCUT2D eigenvalue weighted by Crippen LogP contribution is 2.39. The monoisotopic (exact) mass is 291 g/mol. The predicted molar refractivity (Wildman–Crippen MR) is 91.5 cm³/mol. The van der Waals surface area contributed by atoms with E-state index in [-0.39, 0.29) is 0 Å². The largest absolute Gasteiger partial charge is 0.311 e. The molecule has 0 radical (unpaired) electrons. The lowest BCUT2D eigenvalue weighted by Crippen LogP contribution is -2.48. The zero-order valence-corrected chi connectivity index (χ0v) is 14.3. The summed E-state index contributed by atoms with van der Waals surface area (Å²) in [5, 5.41) is 4.17. The van der Waals surface area contributed by atoms with Crippen LogP contribution in [0.3, 0.4) is 0 Å². The van der Waals surface area contributed by atoms with E-state index in [9.17, 15) is 0 Å². The maximum atomic E-state index is 4.17. The van der Waals surface area contributed by atoms with E-state index in [1.54, 1.807) is 0 Å². The third-order valence-corrected chi connectivity index (χ3v) is 6.88. The van der Waals surface area contributed by atoms with Gasteiger partial charge in [0.1, 0.15) is 0 Å². The van der Waals surface area contributed by atoms with Crippen LogP contribution in [0.5, 0.6) is 0 Å². The molecule has 0 spiro atoms. The van der Waals surface area contributed by atoms with Crippen molar-refractivity contribution in [2.45, 2.75) is 109 Å². The van der Waals surface area contributed by atoms with Gasteiger partial charge in [0, 0.05) is 12.1 Å². The molecule has 0 aromatic rings. The highest BCUT2D eigenvalue weighted by atomic mass is 15.0. The van der Waals surface area contributed by atoms with Gasteiger partial charge in [-0.1, -0.05) is 71.1 Å². The van der Waals surface area contributed by atoms with Gasteiger partial charge in [0.2, 0.25) is 0 Å². The molecule has 0 bridgehead atoms. The Hall–Kier alpha value is -0.0400. The Morgan fingerprint density at radius 1 is 0.762 bits per heavy atom. The molecule has 1 heteroatoms. The summed E-state index contributed by atoms with van der Waals surface area (Å²) >= 11 is 0. The van der Waals surface area contributed by atoms with Crippen LogP contribution in [0.15, 0.2) is 0 Å². The Kier molecular flexibility index (Phi) is 6.03. The Labute approximate surface area is 132 Å². The topological polar surface area (TPSA) is 12.0 Å². The molecule has 1 N–H and O–H groups in total. The maximum Gasteiger partial charge on any atom is 0.0101 e. The molecular formula is C20H37N. The van der Waals surface area contributed by atoms with Crippen molar-refractivity contribution >= 4 is 0 Å². The average Bonchev–Trinajstić information content (AvgIpc) is 2.56. The molecule has 0 aliphatic heterocycles. The van der Waals surface area contributed by atoms with E-state index in [1.165, 1.54) is 89.9 Å². The number of hydrogen-bond donors (Lipinski definition) is 1. The fraction of sp³-hybridized carbons (Fsp3) is 1.00. The second-order valence-electron chi connectivity index (χ2n) is 8.26. The molecule has 122 valence electrons. The van der Waals surface area contributed by atoms with Crippen molar-refractivity contribution in [1.29, 1.82) is 0 Å². The van der Waals surface area contributed by atoms with Crippen molar-refractivity contribution in [3.8, 4) is 0 Å². The van der Waals surface area contributed by atoms with E-state index in [0.717, 1.165) is 29.8 Å². The minimum atomic E-state index is 0.845.